The lowest BCUT2D eigenvalue weighted by Gasteiger charge is -2.32. The Kier molecular flexibility index (Phi) is 5.24. The molecule has 3 nitrogen and oxygen atoms in total. The highest BCUT2D eigenvalue weighted by Crippen LogP contribution is 2.09. The van der Waals surface area contributed by atoms with Gasteiger partial charge >= 0.3 is 0 Å². The Morgan fingerprint density at radius 3 is 2.63 bits per heavy atom. The first-order chi connectivity index (χ1) is 9.15. The van der Waals surface area contributed by atoms with Crippen LogP contribution in [-0.4, -0.2) is 56.1 Å². The number of benzene rings is 1. The SMILES string of the molecule is CN1CCN(CCNCc2cc(F)ccc2F)CC1. The van der Waals surface area contributed by atoms with E-state index in [1.54, 1.807) is 0 Å². The van der Waals surface area contributed by atoms with Crippen molar-refractivity contribution < 1.29 is 8.78 Å². The lowest BCUT2D eigenvalue weighted by Crippen LogP contribution is -2.46. The summed E-state index contributed by atoms with van der Waals surface area (Å²) in [5, 5.41) is 3.17. The molecule has 1 heterocycles. The summed E-state index contributed by atoms with van der Waals surface area (Å²) >= 11 is 0. The van der Waals surface area contributed by atoms with Crippen molar-refractivity contribution >= 4 is 0 Å². The van der Waals surface area contributed by atoms with Gasteiger partial charge in [-0.05, 0) is 25.2 Å². The molecule has 0 saturated carbocycles. The first-order valence-corrected chi connectivity index (χ1v) is 6.71. The molecule has 1 N–H and O–H groups in total. The van der Waals surface area contributed by atoms with Crippen LogP contribution in [0.5, 0.6) is 0 Å². The first-order valence-electron chi connectivity index (χ1n) is 6.71. The zero-order valence-electron chi connectivity index (χ0n) is 11.3. The molecule has 1 aromatic carbocycles. The smallest absolute Gasteiger partial charge is 0.127 e. The molecule has 0 aliphatic carbocycles. The van der Waals surface area contributed by atoms with E-state index in [1.165, 1.54) is 12.1 Å². The highest BCUT2D eigenvalue weighted by Gasteiger charge is 2.12. The van der Waals surface area contributed by atoms with Crippen molar-refractivity contribution in [1.82, 2.24) is 15.1 Å². The van der Waals surface area contributed by atoms with E-state index in [9.17, 15) is 8.78 Å². The molecule has 0 aromatic heterocycles. The van der Waals surface area contributed by atoms with E-state index in [4.69, 9.17) is 0 Å². The fraction of sp³-hybridized carbons (Fsp3) is 0.571. The summed E-state index contributed by atoms with van der Waals surface area (Å²) in [4.78, 5) is 4.70. The molecule has 0 radical (unpaired) electrons. The molecule has 5 heteroatoms. The van der Waals surface area contributed by atoms with E-state index >= 15 is 0 Å². The average Bonchev–Trinajstić information content (AvgIpc) is 2.40. The number of nitrogens with zero attached hydrogens (tertiary/aromatic N) is 2. The second-order valence-electron chi connectivity index (χ2n) is 5.06. The molecule has 1 saturated heterocycles. The van der Waals surface area contributed by atoms with Gasteiger partial charge in [-0.15, -0.1) is 0 Å². The molecule has 0 spiro atoms. The zero-order chi connectivity index (χ0) is 13.7. The normalized spacial score (nSPS) is 17.8. The van der Waals surface area contributed by atoms with Gasteiger partial charge in [0, 0.05) is 51.4 Å². The van der Waals surface area contributed by atoms with E-state index in [2.05, 4.69) is 22.2 Å². The summed E-state index contributed by atoms with van der Waals surface area (Å²) in [6, 6.07) is 3.56. The first kappa shape index (κ1) is 14.4. The van der Waals surface area contributed by atoms with Crippen molar-refractivity contribution in [2.75, 3.05) is 46.3 Å². The number of hydrogen-bond acceptors (Lipinski definition) is 3. The number of likely N-dealkylation sites (N-methyl/N-ethyl adjacent to an activating group) is 1. The highest BCUT2D eigenvalue weighted by atomic mass is 19.1. The van der Waals surface area contributed by atoms with Gasteiger partial charge < -0.3 is 10.2 Å². The summed E-state index contributed by atoms with van der Waals surface area (Å²) in [5.74, 6) is -0.745. The van der Waals surface area contributed by atoms with Crippen LogP contribution in [0.3, 0.4) is 0 Å². The van der Waals surface area contributed by atoms with Crippen LogP contribution in [-0.2, 0) is 6.54 Å². The average molecular weight is 269 g/mol. The van der Waals surface area contributed by atoms with Crippen molar-refractivity contribution in [3.05, 3.63) is 35.4 Å². The maximum absolute atomic E-state index is 13.4. The minimum absolute atomic E-state index is 0.353. The Bertz CT molecular complexity index is 404. The third-order valence-electron chi connectivity index (χ3n) is 3.52. The van der Waals surface area contributed by atoms with Crippen molar-refractivity contribution in [1.29, 1.82) is 0 Å². The third-order valence-corrected chi connectivity index (χ3v) is 3.52. The molecule has 1 aliphatic heterocycles. The van der Waals surface area contributed by atoms with Crippen LogP contribution in [0, 0.1) is 11.6 Å². The number of nitrogens with one attached hydrogen (secondary N) is 1. The van der Waals surface area contributed by atoms with Crippen LogP contribution < -0.4 is 5.32 Å². The summed E-state index contributed by atoms with van der Waals surface area (Å²) in [7, 11) is 2.13. The second kappa shape index (κ2) is 6.93. The molecule has 0 unspecified atom stereocenters. The molecule has 1 fully saturated rings. The van der Waals surface area contributed by atoms with Crippen LogP contribution in [0.15, 0.2) is 18.2 Å². The molecule has 0 amide bonds. The van der Waals surface area contributed by atoms with Gasteiger partial charge in [-0.2, -0.15) is 0 Å². The number of hydrogen-bond donors (Lipinski definition) is 1. The molecule has 1 aliphatic rings. The van der Waals surface area contributed by atoms with Crippen molar-refractivity contribution in [2.24, 2.45) is 0 Å². The maximum atomic E-state index is 13.4. The van der Waals surface area contributed by atoms with Gasteiger partial charge in [0.15, 0.2) is 0 Å². The largest absolute Gasteiger partial charge is 0.311 e. The van der Waals surface area contributed by atoms with Crippen molar-refractivity contribution in [3.8, 4) is 0 Å². The Hall–Kier alpha value is -1.04. The van der Waals surface area contributed by atoms with Crippen LogP contribution in [0.2, 0.25) is 0 Å². The lowest BCUT2D eigenvalue weighted by atomic mass is 10.2. The molecule has 2 rings (SSSR count). The van der Waals surface area contributed by atoms with E-state index < -0.39 is 5.82 Å². The molecule has 0 bridgehead atoms. The van der Waals surface area contributed by atoms with Gasteiger partial charge in [0.1, 0.15) is 11.6 Å². The Morgan fingerprint density at radius 2 is 1.89 bits per heavy atom. The van der Waals surface area contributed by atoms with Crippen molar-refractivity contribution in [3.63, 3.8) is 0 Å². The standard InChI is InChI=1S/C14H21F2N3/c1-18-6-8-19(9-7-18)5-4-17-11-12-10-13(15)2-3-14(12)16/h2-3,10,17H,4-9,11H2,1H3. The summed E-state index contributed by atoms with van der Waals surface area (Å²) in [6.07, 6.45) is 0. The van der Waals surface area contributed by atoms with Gasteiger partial charge in [-0.3, -0.25) is 4.90 Å². The summed E-state index contributed by atoms with van der Waals surface area (Å²) in [6.45, 7) is 6.46. The Balaban J connectivity index is 1.68. The molecule has 106 valence electrons. The van der Waals surface area contributed by atoms with Gasteiger partial charge in [-0.1, -0.05) is 0 Å². The minimum Gasteiger partial charge on any atom is -0.311 e. The Labute approximate surface area is 113 Å². The Morgan fingerprint density at radius 1 is 1.16 bits per heavy atom. The van der Waals surface area contributed by atoms with Gasteiger partial charge in [0.05, 0.1) is 0 Å². The molecule has 0 atom stereocenters. The zero-order valence-corrected chi connectivity index (χ0v) is 11.3. The monoisotopic (exact) mass is 269 g/mol. The van der Waals surface area contributed by atoms with Crippen molar-refractivity contribution in [2.45, 2.75) is 6.54 Å². The predicted octanol–water partition coefficient (Wildman–Crippen LogP) is 1.30. The minimum atomic E-state index is -0.391. The lowest BCUT2D eigenvalue weighted by molar-refractivity contribution is 0.154. The van der Waals surface area contributed by atoms with Gasteiger partial charge in [0.2, 0.25) is 0 Å². The van der Waals surface area contributed by atoms with Crippen LogP contribution in [0.4, 0.5) is 8.78 Å². The molecule has 19 heavy (non-hydrogen) atoms. The van der Waals surface area contributed by atoms with E-state index in [0.717, 1.165) is 45.3 Å². The molecular weight excluding hydrogens is 248 g/mol. The number of halogens is 2. The second-order valence-corrected chi connectivity index (χ2v) is 5.06. The predicted molar refractivity (Wildman–Crippen MR) is 72.0 cm³/mol. The van der Waals surface area contributed by atoms with Crippen LogP contribution >= 0.6 is 0 Å². The number of piperazine rings is 1. The fourth-order valence-corrected chi connectivity index (χ4v) is 2.21. The van der Waals surface area contributed by atoms with Crippen LogP contribution in [0.25, 0.3) is 0 Å². The topological polar surface area (TPSA) is 18.5 Å². The van der Waals surface area contributed by atoms with Gasteiger partial charge in [-0.25, -0.2) is 8.78 Å². The highest BCUT2D eigenvalue weighted by molar-refractivity contribution is 5.18. The van der Waals surface area contributed by atoms with Gasteiger partial charge in [0.25, 0.3) is 0 Å². The third kappa shape index (κ3) is 4.53. The fourth-order valence-electron chi connectivity index (χ4n) is 2.21. The van der Waals surface area contributed by atoms with Crippen LogP contribution in [0.1, 0.15) is 5.56 Å². The number of rotatable bonds is 5. The van der Waals surface area contributed by atoms with E-state index in [1.807, 2.05) is 0 Å². The maximum Gasteiger partial charge on any atom is 0.127 e. The van der Waals surface area contributed by atoms with E-state index in [-0.39, 0.29) is 5.82 Å². The van der Waals surface area contributed by atoms with E-state index in [0.29, 0.717) is 12.1 Å². The molecular formula is C14H21F2N3. The summed E-state index contributed by atoms with van der Waals surface area (Å²) in [5.41, 5.74) is 0.387. The summed E-state index contributed by atoms with van der Waals surface area (Å²) < 4.78 is 26.3. The molecule has 1 aromatic rings. The quantitative estimate of drug-likeness (QED) is 0.813.